The maximum Gasteiger partial charge on any atom is 0.329 e. The first-order valence-corrected chi connectivity index (χ1v) is 9.17. The highest BCUT2D eigenvalue weighted by molar-refractivity contribution is 6.08. The Morgan fingerprint density at radius 1 is 1.21 bits per heavy atom. The highest BCUT2D eigenvalue weighted by atomic mass is 16.5. The average Bonchev–Trinajstić information content (AvgIpc) is 3.31. The van der Waals surface area contributed by atoms with Crippen LogP contribution in [0.15, 0.2) is 35.0 Å². The average molecular weight is 403 g/mol. The summed E-state index contributed by atoms with van der Waals surface area (Å²) in [6.45, 7) is 0.734. The monoisotopic (exact) mass is 403 g/mol. The third-order valence-electron chi connectivity index (χ3n) is 4.87. The van der Waals surface area contributed by atoms with Crippen molar-refractivity contribution in [2.24, 2.45) is 11.8 Å². The van der Waals surface area contributed by atoms with Crippen molar-refractivity contribution < 1.29 is 33.1 Å². The van der Waals surface area contributed by atoms with Gasteiger partial charge in [-0.15, -0.1) is 0 Å². The van der Waals surface area contributed by atoms with E-state index in [1.165, 1.54) is 13.2 Å². The summed E-state index contributed by atoms with van der Waals surface area (Å²) in [6.07, 6.45) is 6.06. The Labute approximate surface area is 166 Å². The Kier molecular flexibility index (Phi) is 6.10. The third-order valence-corrected chi connectivity index (χ3v) is 4.87. The molecule has 1 fully saturated rings. The summed E-state index contributed by atoms with van der Waals surface area (Å²) >= 11 is 0. The number of carbonyl (C=O) groups excluding carboxylic acids is 5. The van der Waals surface area contributed by atoms with Crippen LogP contribution < -0.4 is 10.6 Å². The molecule has 3 unspecified atom stereocenters. The van der Waals surface area contributed by atoms with Crippen molar-refractivity contribution in [1.82, 2.24) is 15.5 Å². The Bertz CT molecular complexity index is 820. The predicted molar refractivity (Wildman–Crippen MR) is 96.7 cm³/mol. The minimum Gasteiger partial charge on any atom is -0.467 e. The quantitative estimate of drug-likeness (QED) is 0.401. The SMILES string of the molecule is CC(C(=O)OCC(=O)NC(=O)NCc1ccco1)N1C(=O)C2CC=CCC2C1=O. The zero-order valence-electron chi connectivity index (χ0n) is 15.8. The maximum atomic E-state index is 12.5. The lowest BCUT2D eigenvalue weighted by atomic mass is 9.85. The van der Waals surface area contributed by atoms with Gasteiger partial charge in [0.1, 0.15) is 11.8 Å². The molecule has 154 valence electrons. The van der Waals surface area contributed by atoms with E-state index in [0.29, 0.717) is 18.6 Å². The fraction of sp³-hybridized carbons (Fsp3) is 0.421. The van der Waals surface area contributed by atoms with Crippen molar-refractivity contribution in [1.29, 1.82) is 0 Å². The molecule has 3 atom stereocenters. The van der Waals surface area contributed by atoms with Crippen LogP contribution in [0.3, 0.4) is 0 Å². The van der Waals surface area contributed by atoms with E-state index in [4.69, 9.17) is 9.15 Å². The molecule has 1 aliphatic carbocycles. The van der Waals surface area contributed by atoms with Gasteiger partial charge in [0.25, 0.3) is 5.91 Å². The number of rotatable bonds is 6. The smallest absolute Gasteiger partial charge is 0.329 e. The number of imide groups is 2. The van der Waals surface area contributed by atoms with Gasteiger partial charge in [-0.3, -0.25) is 24.6 Å². The van der Waals surface area contributed by atoms with Crippen molar-refractivity contribution in [2.45, 2.75) is 32.4 Å². The number of nitrogens with zero attached hydrogens (tertiary/aromatic N) is 1. The lowest BCUT2D eigenvalue weighted by Crippen LogP contribution is -2.46. The van der Waals surface area contributed by atoms with Crippen molar-refractivity contribution >= 4 is 29.7 Å². The van der Waals surface area contributed by atoms with Gasteiger partial charge in [-0.25, -0.2) is 9.59 Å². The van der Waals surface area contributed by atoms with Crippen LogP contribution >= 0.6 is 0 Å². The van der Waals surface area contributed by atoms with Crippen LogP contribution in [0.5, 0.6) is 0 Å². The summed E-state index contributed by atoms with van der Waals surface area (Å²) in [4.78, 5) is 61.5. The highest BCUT2D eigenvalue weighted by Gasteiger charge is 2.50. The molecule has 2 N–H and O–H groups in total. The largest absolute Gasteiger partial charge is 0.467 e. The first kappa shape index (κ1) is 20.3. The molecule has 1 aliphatic heterocycles. The van der Waals surface area contributed by atoms with E-state index in [-0.39, 0.29) is 6.54 Å². The molecule has 1 saturated heterocycles. The lowest BCUT2D eigenvalue weighted by Gasteiger charge is -2.21. The van der Waals surface area contributed by atoms with Gasteiger partial charge in [0.15, 0.2) is 6.61 Å². The van der Waals surface area contributed by atoms with Gasteiger partial charge in [0.2, 0.25) is 11.8 Å². The van der Waals surface area contributed by atoms with Crippen LogP contribution in [0.2, 0.25) is 0 Å². The van der Waals surface area contributed by atoms with E-state index in [0.717, 1.165) is 4.90 Å². The normalized spacial score (nSPS) is 21.5. The van der Waals surface area contributed by atoms with Crippen molar-refractivity contribution in [3.63, 3.8) is 0 Å². The third kappa shape index (κ3) is 4.53. The number of fused-ring (bicyclic) bond motifs is 1. The number of carbonyl (C=O) groups is 5. The van der Waals surface area contributed by atoms with E-state index in [1.807, 2.05) is 17.5 Å². The van der Waals surface area contributed by atoms with E-state index in [1.54, 1.807) is 12.1 Å². The molecule has 0 saturated carbocycles. The first-order valence-electron chi connectivity index (χ1n) is 9.17. The number of esters is 1. The van der Waals surface area contributed by atoms with Gasteiger partial charge in [0.05, 0.1) is 24.6 Å². The number of amides is 5. The fourth-order valence-corrected chi connectivity index (χ4v) is 3.36. The van der Waals surface area contributed by atoms with Crippen LogP contribution in [0, 0.1) is 11.8 Å². The number of urea groups is 1. The topological polar surface area (TPSA) is 135 Å². The molecule has 10 nitrogen and oxygen atoms in total. The van der Waals surface area contributed by atoms with Gasteiger partial charge in [0, 0.05) is 0 Å². The zero-order valence-corrected chi connectivity index (χ0v) is 15.8. The fourth-order valence-electron chi connectivity index (χ4n) is 3.36. The van der Waals surface area contributed by atoms with Crippen LogP contribution in [-0.2, 0) is 30.5 Å². The number of hydrogen-bond acceptors (Lipinski definition) is 7. The lowest BCUT2D eigenvalue weighted by molar-refractivity contribution is -0.159. The first-order chi connectivity index (χ1) is 13.9. The molecule has 29 heavy (non-hydrogen) atoms. The van der Waals surface area contributed by atoms with Gasteiger partial charge >= 0.3 is 12.0 Å². The summed E-state index contributed by atoms with van der Waals surface area (Å²) in [5, 5.41) is 4.40. The number of nitrogens with one attached hydrogen (secondary N) is 2. The van der Waals surface area contributed by atoms with E-state index in [9.17, 15) is 24.0 Å². The number of allylic oxidation sites excluding steroid dienone is 2. The van der Waals surface area contributed by atoms with E-state index < -0.39 is 54.2 Å². The minimum absolute atomic E-state index is 0.0826. The second kappa shape index (κ2) is 8.72. The summed E-state index contributed by atoms with van der Waals surface area (Å²) in [5.41, 5.74) is 0. The van der Waals surface area contributed by atoms with Gasteiger partial charge in [-0.2, -0.15) is 0 Å². The number of furan rings is 1. The van der Waals surface area contributed by atoms with Crippen LogP contribution in [0.25, 0.3) is 0 Å². The molecule has 5 amide bonds. The summed E-state index contributed by atoms with van der Waals surface area (Å²) in [5.74, 6) is -2.97. The minimum atomic E-state index is -1.15. The second-order valence-electron chi connectivity index (χ2n) is 6.80. The summed E-state index contributed by atoms with van der Waals surface area (Å²) < 4.78 is 9.90. The molecule has 0 spiro atoms. The molecular weight excluding hydrogens is 382 g/mol. The van der Waals surface area contributed by atoms with Crippen LogP contribution in [-0.4, -0.2) is 47.3 Å². The molecule has 0 radical (unpaired) electrons. The molecule has 3 rings (SSSR count). The Hall–Kier alpha value is -3.43. The molecule has 2 heterocycles. The predicted octanol–water partition coefficient (Wildman–Crippen LogP) is 0.488. The molecule has 2 aliphatic rings. The summed E-state index contributed by atoms with van der Waals surface area (Å²) in [7, 11) is 0. The molecular formula is C19H21N3O7. The number of likely N-dealkylation sites (tertiary alicyclic amines) is 1. The van der Waals surface area contributed by atoms with Gasteiger partial charge < -0.3 is 14.5 Å². The Morgan fingerprint density at radius 2 is 1.86 bits per heavy atom. The van der Waals surface area contributed by atoms with E-state index >= 15 is 0 Å². The standard InChI is InChI=1S/C19H21N3O7/c1-11(22-16(24)13-6-2-3-7-14(13)17(22)25)18(26)29-10-15(23)21-19(27)20-9-12-5-4-8-28-12/h2-5,8,11,13-14H,6-7,9-10H2,1H3,(H2,20,21,23,27). The van der Waals surface area contributed by atoms with Crippen LogP contribution in [0.4, 0.5) is 4.79 Å². The number of hydrogen-bond donors (Lipinski definition) is 2. The molecule has 1 aromatic rings. The van der Waals surface area contributed by atoms with E-state index in [2.05, 4.69) is 5.32 Å². The second-order valence-corrected chi connectivity index (χ2v) is 6.80. The Morgan fingerprint density at radius 3 is 2.45 bits per heavy atom. The van der Waals surface area contributed by atoms with Gasteiger partial charge in [-0.1, -0.05) is 12.2 Å². The van der Waals surface area contributed by atoms with Crippen molar-refractivity contribution in [2.75, 3.05) is 6.61 Å². The zero-order chi connectivity index (χ0) is 21.0. The molecule has 1 aromatic heterocycles. The molecule has 10 heteroatoms. The summed E-state index contributed by atoms with van der Waals surface area (Å²) in [6, 6.07) is 1.37. The highest BCUT2D eigenvalue weighted by Crippen LogP contribution is 2.36. The number of ether oxygens (including phenoxy) is 1. The molecule has 0 aromatic carbocycles. The van der Waals surface area contributed by atoms with Crippen molar-refractivity contribution in [3.05, 3.63) is 36.3 Å². The van der Waals surface area contributed by atoms with Gasteiger partial charge in [-0.05, 0) is 31.9 Å². The Balaban J connectivity index is 1.45. The van der Waals surface area contributed by atoms with Crippen LogP contribution in [0.1, 0.15) is 25.5 Å². The maximum absolute atomic E-state index is 12.5. The van der Waals surface area contributed by atoms with Crippen molar-refractivity contribution in [3.8, 4) is 0 Å². The molecule has 0 bridgehead atoms.